The lowest BCUT2D eigenvalue weighted by atomic mass is 10.00. The number of nitrogens with zero attached hydrogens (tertiary/aromatic N) is 3. The van der Waals surface area contributed by atoms with Crippen molar-refractivity contribution in [3.8, 4) is 0 Å². The van der Waals surface area contributed by atoms with E-state index in [1.807, 2.05) is 11.7 Å². The van der Waals surface area contributed by atoms with Gasteiger partial charge in [-0.1, -0.05) is 12.1 Å². The largest absolute Gasteiger partial charge is 0.378 e. The average molecular weight is 345 g/mol. The SMILES string of the molecule is CCCNC(CCC1CCCCO1)c1c(Br)nnn1C. The molecular weight excluding hydrogens is 320 g/mol. The van der Waals surface area contributed by atoms with Crippen LogP contribution < -0.4 is 5.32 Å². The predicted octanol–water partition coefficient (Wildman–Crippen LogP) is 2.97. The first-order valence-corrected chi connectivity index (χ1v) is 8.41. The van der Waals surface area contributed by atoms with Crippen LogP contribution >= 0.6 is 15.9 Å². The van der Waals surface area contributed by atoms with Crippen LogP contribution in [-0.2, 0) is 11.8 Å². The summed E-state index contributed by atoms with van der Waals surface area (Å²) >= 11 is 3.51. The minimum Gasteiger partial charge on any atom is -0.378 e. The van der Waals surface area contributed by atoms with Crippen LogP contribution in [0.4, 0.5) is 0 Å². The van der Waals surface area contributed by atoms with Gasteiger partial charge in [0.15, 0.2) is 4.60 Å². The summed E-state index contributed by atoms with van der Waals surface area (Å²) in [6.45, 7) is 4.12. The summed E-state index contributed by atoms with van der Waals surface area (Å²) in [6, 6.07) is 0.287. The van der Waals surface area contributed by atoms with E-state index in [0.29, 0.717) is 6.10 Å². The molecule has 2 heterocycles. The van der Waals surface area contributed by atoms with Gasteiger partial charge in [-0.2, -0.15) is 0 Å². The standard InChI is InChI=1S/C14H25BrN4O/c1-3-9-16-12(13-14(15)17-18-19(13)2)8-7-11-6-4-5-10-20-11/h11-12,16H,3-10H2,1-2H3. The summed E-state index contributed by atoms with van der Waals surface area (Å²) in [6.07, 6.45) is 7.42. The fourth-order valence-electron chi connectivity index (χ4n) is 2.75. The predicted molar refractivity (Wildman–Crippen MR) is 82.6 cm³/mol. The van der Waals surface area contributed by atoms with E-state index in [2.05, 4.69) is 38.5 Å². The van der Waals surface area contributed by atoms with Gasteiger partial charge in [0, 0.05) is 13.7 Å². The number of ether oxygens (including phenoxy) is 1. The van der Waals surface area contributed by atoms with Crippen molar-refractivity contribution in [2.45, 2.75) is 57.6 Å². The van der Waals surface area contributed by atoms with Crippen molar-refractivity contribution in [2.24, 2.45) is 7.05 Å². The zero-order valence-electron chi connectivity index (χ0n) is 12.4. The summed E-state index contributed by atoms with van der Waals surface area (Å²) in [7, 11) is 1.95. The molecule has 0 spiro atoms. The van der Waals surface area contributed by atoms with Crippen LogP contribution in [-0.4, -0.2) is 34.2 Å². The number of hydrogen-bond acceptors (Lipinski definition) is 4. The van der Waals surface area contributed by atoms with Crippen LogP contribution in [0.15, 0.2) is 4.60 Å². The first-order chi connectivity index (χ1) is 9.72. The van der Waals surface area contributed by atoms with Crippen molar-refractivity contribution in [1.29, 1.82) is 0 Å². The van der Waals surface area contributed by atoms with Gasteiger partial charge in [0.25, 0.3) is 0 Å². The van der Waals surface area contributed by atoms with Gasteiger partial charge in [-0.15, -0.1) is 5.10 Å². The number of aromatic nitrogens is 3. The van der Waals surface area contributed by atoms with Crippen molar-refractivity contribution >= 4 is 15.9 Å². The molecular formula is C14H25BrN4O. The Kier molecular flexibility index (Phi) is 6.45. The van der Waals surface area contributed by atoms with Crippen molar-refractivity contribution in [1.82, 2.24) is 20.3 Å². The van der Waals surface area contributed by atoms with Gasteiger partial charge in [-0.3, -0.25) is 0 Å². The van der Waals surface area contributed by atoms with E-state index in [9.17, 15) is 0 Å². The molecule has 0 aliphatic carbocycles. The van der Waals surface area contributed by atoms with Crippen LogP contribution in [0.25, 0.3) is 0 Å². The molecule has 1 fully saturated rings. The third-order valence-electron chi connectivity index (χ3n) is 3.85. The molecule has 0 amide bonds. The Morgan fingerprint density at radius 1 is 1.50 bits per heavy atom. The number of hydrogen-bond donors (Lipinski definition) is 1. The zero-order chi connectivity index (χ0) is 14.4. The molecule has 114 valence electrons. The van der Waals surface area contributed by atoms with E-state index in [1.54, 1.807) is 0 Å². The van der Waals surface area contributed by atoms with E-state index in [0.717, 1.165) is 42.7 Å². The van der Waals surface area contributed by atoms with E-state index in [4.69, 9.17) is 4.74 Å². The van der Waals surface area contributed by atoms with Gasteiger partial charge in [0.05, 0.1) is 17.8 Å². The van der Waals surface area contributed by atoms with Crippen molar-refractivity contribution in [2.75, 3.05) is 13.2 Å². The molecule has 1 N–H and O–H groups in total. The maximum atomic E-state index is 5.83. The lowest BCUT2D eigenvalue weighted by Gasteiger charge is -2.25. The molecule has 2 rings (SSSR count). The van der Waals surface area contributed by atoms with Crippen LogP contribution in [0.2, 0.25) is 0 Å². The smallest absolute Gasteiger partial charge is 0.153 e. The summed E-state index contributed by atoms with van der Waals surface area (Å²) in [4.78, 5) is 0. The molecule has 1 aromatic heterocycles. The number of nitrogens with one attached hydrogen (secondary N) is 1. The van der Waals surface area contributed by atoms with E-state index < -0.39 is 0 Å². The molecule has 6 heteroatoms. The second kappa shape index (κ2) is 8.10. The van der Waals surface area contributed by atoms with Gasteiger partial charge < -0.3 is 10.1 Å². The Morgan fingerprint density at radius 2 is 2.35 bits per heavy atom. The number of aryl methyl sites for hydroxylation is 1. The maximum absolute atomic E-state index is 5.83. The topological polar surface area (TPSA) is 52.0 Å². The van der Waals surface area contributed by atoms with Crippen molar-refractivity contribution < 1.29 is 4.74 Å². The molecule has 1 saturated heterocycles. The lowest BCUT2D eigenvalue weighted by molar-refractivity contribution is 0.00841. The molecule has 0 saturated carbocycles. The highest BCUT2D eigenvalue weighted by atomic mass is 79.9. The Bertz CT molecular complexity index is 384. The number of halogens is 1. The van der Waals surface area contributed by atoms with Crippen LogP contribution in [0.5, 0.6) is 0 Å². The van der Waals surface area contributed by atoms with E-state index >= 15 is 0 Å². The molecule has 0 aromatic carbocycles. The van der Waals surface area contributed by atoms with E-state index in [-0.39, 0.29) is 6.04 Å². The second-order valence-electron chi connectivity index (χ2n) is 5.46. The Balaban J connectivity index is 1.96. The highest BCUT2D eigenvalue weighted by molar-refractivity contribution is 9.10. The Labute approximate surface area is 129 Å². The van der Waals surface area contributed by atoms with E-state index in [1.165, 1.54) is 19.3 Å². The van der Waals surface area contributed by atoms with Crippen LogP contribution in [0, 0.1) is 0 Å². The third-order valence-corrected chi connectivity index (χ3v) is 4.41. The first kappa shape index (κ1) is 15.9. The monoisotopic (exact) mass is 344 g/mol. The lowest BCUT2D eigenvalue weighted by Crippen LogP contribution is -2.27. The Morgan fingerprint density at radius 3 is 2.95 bits per heavy atom. The highest BCUT2D eigenvalue weighted by Crippen LogP contribution is 2.27. The van der Waals surface area contributed by atoms with Gasteiger partial charge in [0.2, 0.25) is 0 Å². The highest BCUT2D eigenvalue weighted by Gasteiger charge is 2.22. The molecule has 0 bridgehead atoms. The molecule has 1 aliphatic rings. The van der Waals surface area contributed by atoms with Crippen molar-refractivity contribution in [3.63, 3.8) is 0 Å². The first-order valence-electron chi connectivity index (χ1n) is 7.62. The van der Waals surface area contributed by atoms with Crippen molar-refractivity contribution in [3.05, 3.63) is 10.3 Å². The quantitative estimate of drug-likeness (QED) is 0.826. The summed E-state index contributed by atoms with van der Waals surface area (Å²) in [5.74, 6) is 0. The normalized spacial score (nSPS) is 21.1. The van der Waals surface area contributed by atoms with Gasteiger partial charge in [-0.25, -0.2) is 4.68 Å². The molecule has 5 nitrogen and oxygen atoms in total. The number of rotatable bonds is 7. The van der Waals surface area contributed by atoms with Gasteiger partial charge >= 0.3 is 0 Å². The van der Waals surface area contributed by atoms with Crippen LogP contribution in [0.3, 0.4) is 0 Å². The van der Waals surface area contributed by atoms with Gasteiger partial charge in [-0.05, 0) is 61.0 Å². The third kappa shape index (κ3) is 4.27. The zero-order valence-corrected chi connectivity index (χ0v) is 14.0. The summed E-state index contributed by atoms with van der Waals surface area (Å²) < 4.78 is 8.54. The summed E-state index contributed by atoms with van der Waals surface area (Å²) in [5, 5.41) is 11.8. The molecule has 0 radical (unpaired) electrons. The average Bonchev–Trinajstić information content (AvgIpc) is 2.80. The minimum atomic E-state index is 0.287. The second-order valence-corrected chi connectivity index (χ2v) is 6.21. The van der Waals surface area contributed by atoms with Gasteiger partial charge in [0.1, 0.15) is 0 Å². The molecule has 2 atom stereocenters. The minimum absolute atomic E-state index is 0.287. The Hall–Kier alpha value is -0.460. The molecule has 2 unspecified atom stereocenters. The fourth-order valence-corrected chi connectivity index (χ4v) is 3.35. The summed E-state index contributed by atoms with van der Waals surface area (Å²) in [5.41, 5.74) is 1.13. The van der Waals surface area contributed by atoms with Crippen LogP contribution in [0.1, 0.15) is 57.2 Å². The molecule has 1 aliphatic heterocycles. The molecule has 1 aromatic rings. The fraction of sp³-hybridized carbons (Fsp3) is 0.857. The maximum Gasteiger partial charge on any atom is 0.153 e. The molecule has 20 heavy (non-hydrogen) atoms.